The van der Waals surface area contributed by atoms with E-state index in [0.29, 0.717) is 43.2 Å². The number of pyridine rings is 2. The fourth-order valence-electron chi connectivity index (χ4n) is 12.3. The maximum atomic E-state index is 13.2. The molecule has 4 N–H and O–H groups in total. The molecule has 4 amide bonds. The number of Topliss-reactive ketones (excluding diaryl/α,β-unsaturated/α-hetero) is 2. The van der Waals surface area contributed by atoms with E-state index in [2.05, 4.69) is 53.3 Å². The van der Waals surface area contributed by atoms with Crippen LogP contribution in [-0.4, -0.2) is 189 Å². The number of aromatic nitrogens is 2. The third kappa shape index (κ3) is 39.6. The minimum atomic E-state index is -3.15. The van der Waals surface area contributed by atoms with E-state index in [1.54, 1.807) is 78.2 Å². The second-order valence-corrected chi connectivity index (χ2v) is 31.1. The number of anilines is 2. The van der Waals surface area contributed by atoms with Crippen LogP contribution in [0.1, 0.15) is 146 Å². The number of nitrogens with one attached hydrogen (secondary N) is 2. The van der Waals surface area contributed by atoms with Crippen LogP contribution in [0, 0.1) is 13.8 Å². The number of benzene rings is 8. The molecule has 0 aliphatic carbocycles. The van der Waals surface area contributed by atoms with E-state index in [4.69, 9.17) is 43.1 Å². The van der Waals surface area contributed by atoms with Crippen LogP contribution in [0.3, 0.4) is 0 Å². The van der Waals surface area contributed by atoms with Crippen LogP contribution in [0.2, 0.25) is 0 Å². The number of nitrogens with zero attached hydrogens (tertiary/aromatic N) is 4. The Morgan fingerprint density at radius 2 is 0.911 bits per heavy atom. The van der Waals surface area contributed by atoms with Crippen molar-refractivity contribution in [3.8, 4) is 22.6 Å². The van der Waals surface area contributed by atoms with E-state index in [1.807, 2.05) is 184 Å². The monoisotopic (exact) mass is 1840 g/mol. The number of carbonyl (C=O) groups excluding carboxylic acids is 8. The number of hydrogen-bond donors (Lipinski definition) is 4. The van der Waals surface area contributed by atoms with Crippen molar-refractivity contribution in [2.45, 2.75) is 150 Å². The molecular formula is C91H104BBrK3N6O20P. The number of amides is 4. The van der Waals surface area contributed by atoms with E-state index < -0.39 is 56.6 Å². The molecule has 0 saturated heterocycles. The molecule has 0 bridgehead atoms. The van der Waals surface area contributed by atoms with Gasteiger partial charge in [-0.2, -0.15) is 0 Å². The number of esters is 2. The number of aryl methyl sites for hydroxylation is 2. The van der Waals surface area contributed by atoms with Crippen molar-refractivity contribution in [3.05, 3.63) is 257 Å². The average molecular weight is 1840 g/mol. The zero-order chi connectivity index (χ0) is 88.6. The summed E-state index contributed by atoms with van der Waals surface area (Å²) in [6.45, 7) is 15.5. The molecule has 10 rings (SSSR count). The minimum absolute atomic E-state index is 0. The third-order valence-corrected chi connectivity index (χ3v) is 18.6. The van der Waals surface area contributed by atoms with Gasteiger partial charge in [0.1, 0.15) is 47.6 Å². The summed E-state index contributed by atoms with van der Waals surface area (Å²) in [5, 5.41) is 36.5. The van der Waals surface area contributed by atoms with Crippen molar-refractivity contribution in [3.63, 3.8) is 0 Å². The predicted molar refractivity (Wildman–Crippen MR) is 473 cm³/mol. The summed E-state index contributed by atoms with van der Waals surface area (Å²) < 4.78 is 45.1. The second kappa shape index (κ2) is 57.2. The molecule has 26 nitrogen and oxygen atoms in total. The van der Waals surface area contributed by atoms with Gasteiger partial charge in [0.05, 0.1) is 40.2 Å². The zero-order valence-corrected chi connectivity index (χ0v) is 83.1. The summed E-state index contributed by atoms with van der Waals surface area (Å²) in [7, 11) is -2.01. The molecule has 0 saturated carbocycles. The fraction of sp³-hybridized carbons (Fsp3) is 0.319. The Morgan fingerprint density at radius 1 is 0.528 bits per heavy atom. The summed E-state index contributed by atoms with van der Waals surface area (Å²) in [4.78, 5) is 121. The van der Waals surface area contributed by atoms with E-state index in [0.717, 1.165) is 82.0 Å². The number of halogens is 1. The van der Waals surface area contributed by atoms with E-state index in [9.17, 15) is 48.4 Å². The molecule has 0 aliphatic heterocycles. The predicted octanol–water partition coefficient (Wildman–Crippen LogP) is 11.1. The van der Waals surface area contributed by atoms with Crippen LogP contribution in [-0.2, 0) is 70.2 Å². The normalized spacial score (nSPS) is 11.2. The molecule has 2 heterocycles. The third-order valence-electron chi connectivity index (χ3n) is 18.0. The molecule has 10 aromatic rings. The zero-order valence-electron chi connectivity index (χ0n) is 71.3. The summed E-state index contributed by atoms with van der Waals surface area (Å²) in [5.74, 6) is -0.288. The molecule has 0 radical (unpaired) electrons. The molecule has 636 valence electrons. The van der Waals surface area contributed by atoms with Gasteiger partial charge in [0, 0.05) is 78.2 Å². The fourth-order valence-corrected chi connectivity index (χ4v) is 12.5. The average Bonchev–Trinajstić information content (AvgIpc) is 0.790. The Kier molecular flexibility index (Phi) is 50.5. The Morgan fingerprint density at radius 3 is 1.30 bits per heavy atom. The molecule has 123 heavy (non-hydrogen) atoms. The van der Waals surface area contributed by atoms with Gasteiger partial charge in [0.25, 0.3) is 0 Å². The van der Waals surface area contributed by atoms with Crippen LogP contribution in [0.5, 0.6) is 11.5 Å². The number of carbonyl (C=O) groups is 8. The Labute approximate surface area is 817 Å². The van der Waals surface area contributed by atoms with Crippen LogP contribution in [0.25, 0.3) is 32.7 Å². The number of rotatable bonds is 33. The number of fused-ring (bicyclic) bond motifs is 2. The first-order valence-electron chi connectivity index (χ1n) is 39.4. The maximum absolute atomic E-state index is 13.2. The van der Waals surface area contributed by atoms with Crippen molar-refractivity contribution in [2.24, 2.45) is 0 Å². The first-order chi connectivity index (χ1) is 57.8. The Bertz CT molecular complexity index is 5040. The Balaban J connectivity index is 0.000000402. The van der Waals surface area contributed by atoms with Gasteiger partial charge in [-0.3, -0.25) is 38.6 Å². The van der Waals surface area contributed by atoms with Crippen LogP contribution < -0.4 is 96.9 Å². The van der Waals surface area contributed by atoms with Crippen LogP contribution in [0.15, 0.2) is 223 Å². The van der Waals surface area contributed by atoms with Crippen LogP contribution >= 0.6 is 24.2 Å². The SMILES string of the molecule is C.COC(=O)C[C@H](CC(=O)CNC(=O)CCCN(C(=O)OC(C)(C)C)c1cc(C)ccn1)c1ccc(-c2cccc3c(OCc4ccccc4)cccc23)cc1.COC(=O)C[C@H](CC(=O)CNC(=O)CCCN(C(=O)OC(C)(C)C)c1cc(C)ccn1)c1ccc(Br)cc1.O=[P+]([O-])O[O-].OB(O)c1cccc2c(OCc3ccccc3)cccc12.[K+].[K][K]. The van der Waals surface area contributed by atoms with Crippen molar-refractivity contribution < 1.29 is 148 Å². The van der Waals surface area contributed by atoms with Crippen molar-refractivity contribution in [1.82, 2.24) is 20.6 Å². The molecule has 8 aromatic carbocycles. The molecule has 0 spiro atoms. The first-order valence-corrected chi connectivity index (χ1v) is 57.3. The molecular weight excluding hydrogens is 1740 g/mol. The van der Waals surface area contributed by atoms with Crippen molar-refractivity contribution in [1.29, 1.82) is 0 Å². The molecule has 2 aromatic heterocycles. The van der Waals surface area contributed by atoms with Gasteiger partial charge in [-0.25, -0.2) is 24.2 Å². The van der Waals surface area contributed by atoms with Gasteiger partial charge in [-0.05, 0) is 182 Å². The number of ketones is 2. The quantitative estimate of drug-likeness (QED) is 0.00741. The van der Waals surface area contributed by atoms with E-state index >= 15 is 0 Å². The Hall–Kier alpha value is -6.71. The standard InChI is InChI=1S/C45H49N3O7.C28H36BrN3O6.C17H15BO3.CH4.3K.HO4P/c1-31-23-24-46-41(26-31)48(44(52)55-45(2,3)4)25-11-18-42(50)47-29-36(49)27-35(28-43(51)53-5)33-19-21-34(22-20-33)37-14-9-16-39-38(37)15-10-17-40(39)54-30-32-12-7-6-8-13-32;1-19-12-13-30-24(15-19)32(27(36)38-28(2,3)4)14-6-7-25(34)31-18-23(33)16-21(17-26(35)37-5)20-8-10-22(29)11-9-20;19-18(20)16-10-4-9-15-14(16)8-5-11-17(15)21-12-13-6-2-1-3-7-13;;;;;1-4-5(2)3/h6-10,12-17,19-24,26,35H,11,18,25,27-30H2,1-5H3,(H,47,50);8-13,15,21H,6-7,14,16-18H2,1-5H3,(H,31,34);1-11,19-20H,12H2;1H4;;;;1H/q;;;;;;+1;/p-1/t35-;21-;;;;;;/m00....../s1. The molecule has 3 atom stereocenters. The van der Waals surface area contributed by atoms with Gasteiger partial charge in [-0.1, -0.05) is 181 Å². The topological polar surface area (TPSA) is 361 Å². The summed E-state index contributed by atoms with van der Waals surface area (Å²) >= 11 is 5.88. The van der Waals surface area contributed by atoms with Gasteiger partial charge in [-0.15, -0.1) is 0 Å². The molecule has 1 unspecified atom stereocenters. The summed E-state index contributed by atoms with van der Waals surface area (Å²) in [6.07, 6.45) is 3.19. The number of hydrogen-bond acceptors (Lipinski definition) is 22. The number of ether oxygens (including phenoxy) is 6. The molecule has 0 fully saturated rings. The molecule has 0 aliphatic rings. The summed E-state index contributed by atoms with van der Waals surface area (Å²) in [6, 6.07) is 65.6. The van der Waals surface area contributed by atoms with Gasteiger partial charge < -0.3 is 59.3 Å². The van der Waals surface area contributed by atoms with Crippen molar-refractivity contribution >= 4 is 181 Å². The number of methoxy groups -OCH3 is 2. The van der Waals surface area contributed by atoms with Gasteiger partial charge >= 0.3 is 154 Å². The van der Waals surface area contributed by atoms with E-state index in [-0.39, 0.29) is 153 Å². The van der Waals surface area contributed by atoms with Gasteiger partial charge in [0.2, 0.25) is 11.8 Å². The second-order valence-electron chi connectivity index (χ2n) is 29.6. The van der Waals surface area contributed by atoms with Crippen LogP contribution in [0.4, 0.5) is 21.2 Å². The van der Waals surface area contributed by atoms with Gasteiger partial charge in [0.15, 0.2) is 11.6 Å². The van der Waals surface area contributed by atoms with Crippen molar-refractivity contribution in [2.75, 3.05) is 50.2 Å². The molecule has 32 heteroatoms. The first kappa shape index (κ1) is 109. The summed E-state index contributed by atoms with van der Waals surface area (Å²) in [5.41, 5.74) is 6.81. The van der Waals surface area contributed by atoms with E-state index in [1.165, 1.54) is 87.2 Å².